The third-order valence-corrected chi connectivity index (χ3v) is 1.57. The Bertz CT molecular complexity index is 351. The lowest BCUT2D eigenvalue weighted by atomic mass is 10.1. The third kappa shape index (κ3) is 1.64. The summed E-state index contributed by atoms with van der Waals surface area (Å²) >= 11 is 0. The summed E-state index contributed by atoms with van der Waals surface area (Å²) in [5, 5.41) is 25.6. The van der Waals surface area contributed by atoms with Gasteiger partial charge in [-0.05, 0) is 12.1 Å². The van der Waals surface area contributed by atoms with Crippen molar-refractivity contribution in [3.05, 3.63) is 29.3 Å². The van der Waals surface area contributed by atoms with Crippen LogP contribution in [0.1, 0.15) is 20.7 Å². The van der Waals surface area contributed by atoms with E-state index in [1.54, 1.807) is 0 Å². The second kappa shape index (κ2) is 3.75. The molecular weight excluding hydrogens is 192 g/mol. The van der Waals surface area contributed by atoms with E-state index in [4.69, 9.17) is 15.5 Å². The molecule has 1 aromatic rings. The number of carbonyl (C=O) groups is 2. The normalized spacial score (nSPS) is 9.50. The molecule has 0 amide bonds. The van der Waals surface area contributed by atoms with Crippen LogP contribution in [0.25, 0.3) is 0 Å². The van der Waals surface area contributed by atoms with E-state index in [1.807, 2.05) is 0 Å². The molecule has 0 radical (unpaired) electrons. The van der Waals surface area contributed by atoms with E-state index in [9.17, 15) is 9.59 Å². The summed E-state index contributed by atoms with van der Waals surface area (Å²) in [6, 6.07) is 3.50. The Balaban J connectivity index is 3.39. The highest BCUT2D eigenvalue weighted by atomic mass is 17.1. The number of hydrogen-bond acceptors (Lipinski definition) is 4. The predicted molar refractivity (Wildman–Crippen MR) is 43.6 cm³/mol. The van der Waals surface area contributed by atoms with E-state index < -0.39 is 28.8 Å². The molecule has 6 nitrogen and oxygen atoms in total. The Labute approximate surface area is 77.9 Å². The van der Waals surface area contributed by atoms with E-state index in [-0.39, 0.29) is 0 Å². The molecule has 1 aromatic carbocycles. The molecule has 0 atom stereocenters. The summed E-state index contributed by atoms with van der Waals surface area (Å²) in [6.07, 6.45) is 0. The fourth-order valence-electron chi connectivity index (χ4n) is 0.972. The first-order valence-corrected chi connectivity index (χ1v) is 3.49. The Kier molecular flexibility index (Phi) is 2.68. The minimum atomic E-state index is -1.38. The summed E-state index contributed by atoms with van der Waals surface area (Å²) < 4.78 is 0. The van der Waals surface area contributed by atoms with Crippen molar-refractivity contribution < 1.29 is 29.9 Å². The van der Waals surface area contributed by atoms with Crippen molar-refractivity contribution in [3.63, 3.8) is 0 Å². The standard InChI is InChI=1S/C8H6O6/c9-7(10)4-2-1-3-5(8(11)12)6(4)14-13/h1-3,13H,(H,9,10)(H,11,12). The molecule has 1 rings (SSSR count). The van der Waals surface area contributed by atoms with Crippen LogP contribution in [0.3, 0.4) is 0 Å². The quantitative estimate of drug-likeness (QED) is 0.493. The summed E-state index contributed by atoms with van der Waals surface area (Å²) in [6.45, 7) is 0. The van der Waals surface area contributed by atoms with E-state index in [0.29, 0.717) is 0 Å². The van der Waals surface area contributed by atoms with Gasteiger partial charge < -0.3 is 15.1 Å². The molecule has 0 aliphatic rings. The van der Waals surface area contributed by atoms with E-state index >= 15 is 0 Å². The zero-order chi connectivity index (χ0) is 10.7. The molecule has 0 saturated carbocycles. The van der Waals surface area contributed by atoms with E-state index in [0.717, 1.165) is 12.1 Å². The van der Waals surface area contributed by atoms with Crippen LogP contribution in [-0.4, -0.2) is 27.4 Å². The molecule has 0 saturated heterocycles. The average molecular weight is 198 g/mol. The molecule has 74 valence electrons. The minimum absolute atomic E-state index is 0.410. The molecule has 0 fully saturated rings. The summed E-state index contributed by atoms with van der Waals surface area (Å²) in [7, 11) is 0. The number of rotatable bonds is 3. The van der Waals surface area contributed by atoms with Crippen molar-refractivity contribution in [2.75, 3.05) is 0 Å². The molecule has 0 heterocycles. The SMILES string of the molecule is O=C(O)c1cccc(C(=O)O)c1OO. The van der Waals surface area contributed by atoms with Crippen LogP contribution < -0.4 is 4.89 Å². The number of para-hydroxylation sites is 1. The largest absolute Gasteiger partial charge is 0.478 e. The zero-order valence-electron chi connectivity index (χ0n) is 6.80. The lowest BCUT2D eigenvalue weighted by Crippen LogP contribution is -2.07. The molecule has 0 bridgehead atoms. The van der Waals surface area contributed by atoms with Gasteiger partial charge in [-0.2, -0.15) is 0 Å². The first kappa shape index (κ1) is 10.0. The van der Waals surface area contributed by atoms with Crippen molar-refractivity contribution in [1.82, 2.24) is 0 Å². The molecule has 0 aliphatic heterocycles. The molecule has 0 spiro atoms. The van der Waals surface area contributed by atoms with Gasteiger partial charge in [0.05, 0.1) is 0 Å². The highest BCUT2D eigenvalue weighted by molar-refractivity contribution is 5.98. The summed E-state index contributed by atoms with van der Waals surface area (Å²) in [4.78, 5) is 24.9. The maximum Gasteiger partial charge on any atom is 0.339 e. The monoisotopic (exact) mass is 198 g/mol. The topological polar surface area (TPSA) is 104 Å². The molecule has 0 aliphatic carbocycles. The van der Waals surface area contributed by atoms with Gasteiger partial charge in [0.2, 0.25) is 0 Å². The third-order valence-electron chi connectivity index (χ3n) is 1.57. The lowest BCUT2D eigenvalue weighted by Gasteiger charge is -2.04. The Hall–Kier alpha value is -2.08. The van der Waals surface area contributed by atoms with Gasteiger partial charge in [-0.15, -0.1) is 0 Å². The van der Waals surface area contributed by atoms with Crippen LogP contribution >= 0.6 is 0 Å². The number of benzene rings is 1. The minimum Gasteiger partial charge on any atom is -0.478 e. The van der Waals surface area contributed by atoms with E-state index in [1.165, 1.54) is 6.07 Å². The first-order valence-electron chi connectivity index (χ1n) is 3.49. The van der Waals surface area contributed by atoms with Gasteiger partial charge in [-0.1, -0.05) is 6.07 Å². The first-order chi connectivity index (χ1) is 6.57. The van der Waals surface area contributed by atoms with Crippen LogP contribution in [0.4, 0.5) is 0 Å². The van der Waals surface area contributed by atoms with Gasteiger partial charge in [-0.3, -0.25) is 0 Å². The van der Waals surface area contributed by atoms with Crippen LogP contribution in [0.15, 0.2) is 18.2 Å². The maximum atomic E-state index is 10.6. The van der Waals surface area contributed by atoms with Crippen molar-refractivity contribution in [2.24, 2.45) is 0 Å². The van der Waals surface area contributed by atoms with Gasteiger partial charge >= 0.3 is 11.9 Å². The van der Waals surface area contributed by atoms with Gasteiger partial charge in [0.25, 0.3) is 0 Å². The van der Waals surface area contributed by atoms with Crippen molar-refractivity contribution >= 4 is 11.9 Å². The van der Waals surface area contributed by atoms with Crippen LogP contribution in [0, 0.1) is 0 Å². The van der Waals surface area contributed by atoms with Gasteiger partial charge in [0, 0.05) is 0 Å². The van der Waals surface area contributed by atoms with Gasteiger partial charge in [0.1, 0.15) is 11.1 Å². The van der Waals surface area contributed by atoms with Gasteiger partial charge in [0.15, 0.2) is 5.75 Å². The zero-order valence-corrected chi connectivity index (χ0v) is 6.80. The molecule has 6 heteroatoms. The highest BCUT2D eigenvalue weighted by Gasteiger charge is 2.19. The second-order valence-electron chi connectivity index (χ2n) is 2.38. The van der Waals surface area contributed by atoms with Crippen molar-refractivity contribution in [3.8, 4) is 5.75 Å². The van der Waals surface area contributed by atoms with Crippen molar-refractivity contribution in [1.29, 1.82) is 0 Å². The number of carboxylic acid groups (broad SMARTS) is 2. The fraction of sp³-hybridized carbons (Fsp3) is 0. The maximum absolute atomic E-state index is 10.6. The molecule has 3 N–H and O–H groups in total. The Morgan fingerprint density at radius 1 is 1.07 bits per heavy atom. The van der Waals surface area contributed by atoms with Crippen LogP contribution in [0.2, 0.25) is 0 Å². The molecule has 0 unspecified atom stereocenters. The molecular formula is C8H6O6. The Morgan fingerprint density at radius 2 is 1.50 bits per heavy atom. The number of carboxylic acids is 2. The average Bonchev–Trinajstić information content (AvgIpc) is 2.16. The fourth-order valence-corrected chi connectivity index (χ4v) is 0.972. The number of aromatic carboxylic acids is 2. The molecule has 0 aromatic heterocycles. The lowest BCUT2D eigenvalue weighted by molar-refractivity contribution is -0.138. The highest BCUT2D eigenvalue weighted by Crippen LogP contribution is 2.23. The summed E-state index contributed by atoms with van der Waals surface area (Å²) in [5.41, 5.74) is -0.820. The second-order valence-corrected chi connectivity index (χ2v) is 2.38. The summed E-state index contributed by atoms with van der Waals surface area (Å²) in [5.74, 6) is -3.33. The number of hydrogen-bond donors (Lipinski definition) is 3. The molecule has 14 heavy (non-hydrogen) atoms. The Morgan fingerprint density at radius 3 is 1.79 bits per heavy atom. The van der Waals surface area contributed by atoms with E-state index in [2.05, 4.69) is 4.89 Å². The predicted octanol–water partition coefficient (Wildman–Crippen LogP) is 0.935. The smallest absolute Gasteiger partial charge is 0.339 e. The van der Waals surface area contributed by atoms with Gasteiger partial charge in [-0.25, -0.2) is 14.8 Å². The van der Waals surface area contributed by atoms with Crippen LogP contribution in [0.5, 0.6) is 5.75 Å². The van der Waals surface area contributed by atoms with Crippen molar-refractivity contribution in [2.45, 2.75) is 0 Å². The van der Waals surface area contributed by atoms with Crippen LogP contribution in [-0.2, 0) is 0 Å².